The zero-order valence-electron chi connectivity index (χ0n) is 38.0. The molecule has 0 unspecified atom stereocenters. The lowest BCUT2D eigenvalue weighted by Crippen LogP contribution is -2.49. The normalized spacial score (nSPS) is 13.7. The summed E-state index contributed by atoms with van der Waals surface area (Å²) in [5.74, 6) is 4.48. The average molecular weight is 910 g/mol. The Hall–Kier alpha value is -8.47. The van der Waals surface area contributed by atoms with Crippen molar-refractivity contribution in [2.75, 3.05) is 76.4 Å². The largest absolute Gasteiger partial charge is 0.497 e. The Labute approximate surface area is 394 Å². The molecular formula is C51H51N13O4. The fourth-order valence-corrected chi connectivity index (χ4v) is 8.17. The number of aromatic nitrogens is 9. The molecule has 2 amide bonds. The van der Waals surface area contributed by atoms with Gasteiger partial charge in [-0.25, -0.2) is 34.9 Å². The Morgan fingerprint density at radius 1 is 0.485 bits per heavy atom. The summed E-state index contributed by atoms with van der Waals surface area (Å²) in [6, 6.07) is 37.3. The van der Waals surface area contributed by atoms with Crippen molar-refractivity contribution < 1.29 is 19.1 Å². The van der Waals surface area contributed by atoms with Crippen LogP contribution in [-0.2, 0) is 22.4 Å². The Morgan fingerprint density at radius 2 is 0.882 bits per heavy atom. The van der Waals surface area contributed by atoms with Crippen molar-refractivity contribution in [3.8, 4) is 45.4 Å². The lowest BCUT2D eigenvalue weighted by Gasteiger charge is -2.34. The summed E-state index contributed by atoms with van der Waals surface area (Å²) in [4.78, 5) is 65.0. The quantitative estimate of drug-likeness (QED) is 0.143. The molecule has 4 aromatic carbocycles. The van der Waals surface area contributed by atoms with E-state index in [0.29, 0.717) is 70.1 Å². The molecule has 344 valence electrons. The second-order valence-corrected chi connectivity index (χ2v) is 16.0. The molecule has 2 aliphatic rings. The van der Waals surface area contributed by atoms with Gasteiger partial charge in [-0.05, 0) is 78.9 Å². The molecule has 2 saturated heterocycles. The van der Waals surface area contributed by atoms with Gasteiger partial charge in [-0.1, -0.05) is 36.4 Å². The van der Waals surface area contributed by atoms with Crippen LogP contribution >= 0.6 is 0 Å². The van der Waals surface area contributed by atoms with Crippen LogP contribution in [0.25, 0.3) is 33.9 Å². The van der Waals surface area contributed by atoms with E-state index in [9.17, 15) is 9.59 Å². The smallest absolute Gasteiger partial charge is 0.230 e. The standard InChI is InChI=1S/C26H26N6O2.C25H25N7O2/c1-34-22-10-8-20(9-11-22)23-19-32(21-6-3-2-4-7-21)24(29-23)18-25(33)30-14-16-31(17-15-30)26-27-12-5-13-28-26;1-34-21-9-7-19(8-10-21)22-16-32(20-5-3-2-4-6-20)23(29-22)15-24(33)30-11-13-31(14-12-30)25-27-17-26-18-28-25/h2-13,19H,14-18H2,1H3;2-10,16-18H,11-15H2,1H3. The minimum Gasteiger partial charge on any atom is -0.497 e. The van der Waals surface area contributed by atoms with Crippen molar-refractivity contribution in [3.05, 3.63) is 164 Å². The van der Waals surface area contributed by atoms with Gasteiger partial charge in [0.05, 0.1) is 38.4 Å². The first-order valence-corrected chi connectivity index (χ1v) is 22.4. The first kappa shape index (κ1) is 44.7. The third-order valence-corrected chi connectivity index (χ3v) is 11.9. The molecule has 17 heteroatoms. The van der Waals surface area contributed by atoms with Crippen LogP contribution in [0.5, 0.6) is 11.5 Å². The summed E-state index contributed by atoms with van der Waals surface area (Å²) in [5, 5.41) is 0. The Balaban J connectivity index is 0.000000170. The van der Waals surface area contributed by atoms with Crippen LogP contribution in [0.1, 0.15) is 11.6 Å². The van der Waals surface area contributed by atoms with E-state index in [4.69, 9.17) is 19.4 Å². The zero-order valence-corrected chi connectivity index (χ0v) is 38.0. The molecule has 0 bridgehead atoms. The Bertz CT molecular complexity index is 2670. The molecule has 68 heavy (non-hydrogen) atoms. The number of hydrogen-bond acceptors (Lipinski definition) is 13. The van der Waals surface area contributed by atoms with Crippen LogP contribution in [0.3, 0.4) is 0 Å². The number of carbonyl (C=O) groups excluding carboxylic acids is 2. The van der Waals surface area contributed by atoms with Gasteiger partial charge in [0.25, 0.3) is 0 Å². The highest BCUT2D eigenvalue weighted by Gasteiger charge is 2.26. The van der Waals surface area contributed by atoms with Crippen molar-refractivity contribution >= 4 is 23.7 Å². The minimum atomic E-state index is 0.0550. The van der Waals surface area contributed by atoms with Crippen molar-refractivity contribution in [3.63, 3.8) is 0 Å². The second-order valence-electron chi connectivity index (χ2n) is 16.0. The fraction of sp³-hybridized carbons (Fsp3) is 0.235. The summed E-state index contributed by atoms with van der Waals surface area (Å²) in [6.45, 7) is 5.27. The monoisotopic (exact) mass is 909 g/mol. The maximum absolute atomic E-state index is 13.2. The number of amides is 2. The van der Waals surface area contributed by atoms with Crippen molar-refractivity contribution in [1.29, 1.82) is 0 Å². The number of rotatable bonds is 12. The van der Waals surface area contributed by atoms with Crippen LogP contribution in [0.15, 0.2) is 153 Å². The van der Waals surface area contributed by atoms with Gasteiger partial charge in [-0.3, -0.25) is 9.59 Å². The molecule has 17 nitrogen and oxygen atoms in total. The molecule has 10 rings (SSSR count). The molecule has 0 N–H and O–H groups in total. The van der Waals surface area contributed by atoms with Crippen LogP contribution in [-0.4, -0.2) is 132 Å². The zero-order chi connectivity index (χ0) is 46.7. The summed E-state index contributed by atoms with van der Waals surface area (Å²) in [5.41, 5.74) is 5.52. The summed E-state index contributed by atoms with van der Waals surface area (Å²) in [7, 11) is 3.29. The highest BCUT2D eigenvalue weighted by molar-refractivity contribution is 5.79. The van der Waals surface area contributed by atoms with Crippen molar-refractivity contribution in [2.45, 2.75) is 12.8 Å². The van der Waals surface area contributed by atoms with Gasteiger partial charge in [0.2, 0.25) is 23.7 Å². The Kier molecular flexibility index (Phi) is 14.0. The third kappa shape index (κ3) is 10.6. The first-order valence-electron chi connectivity index (χ1n) is 22.4. The molecule has 8 aromatic rings. The summed E-state index contributed by atoms with van der Waals surface area (Å²) >= 11 is 0. The molecule has 0 spiro atoms. The van der Waals surface area contributed by atoms with E-state index in [1.54, 1.807) is 32.7 Å². The molecule has 6 heterocycles. The SMILES string of the molecule is COc1ccc(-c2cn(-c3ccccc3)c(CC(=O)N3CCN(c4ncccn4)CC3)n2)cc1.COc1ccc(-c2cn(-c3ccccc3)c(CC(=O)N3CCN(c4ncncn4)CC3)n2)cc1. The van der Waals surface area contributed by atoms with Crippen LogP contribution in [0.4, 0.5) is 11.9 Å². The lowest BCUT2D eigenvalue weighted by molar-refractivity contribution is -0.131. The second kappa shape index (κ2) is 21.2. The number of imidazole rings is 2. The molecule has 2 fully saturated rings. The maximum Gasteiger partial charge on any atom is 0.230 e. The van der Waals surface area contributed by atoms with Crippen LogP contribution in [0.2, 0.25) is 0 Å². The molecule has 0 saturated carbocycles. The van der Waals surface area contributed by atoms with Crippen LogP contribution in [0, 0.1) is 0 Å². The van der Waals surface area contributed by atoms with Gasteiger partial charge < -0.3 is 38.2 Å². The van der Waals surface area contributed by atoms with E-state index >= 15 is 0 Å². The number of nitrogens with zero attached hydrogens (tertiary/aromatic N) is 13. The van der Waals surface area contributed by atoms with Crippen molar-refractivity contribution in [1.82, 2.24) is 53.8 Å². The third-order valence-electron chi connectivity index (χ3n) is 11.9. The van der Waals surface area contributed by atoms with Gasteiger partial charge in [0, 0.05) is 99.6 Å². The van der Waals surface area contributed by atoms with Gasteiger partial charge in [0.15, 0.2) is 0 Å². The lowest BCUT2D eigenvalue weighted by atomic mass is 10.1. The van der Waals surface area contributed by atoms with E-state index < -0.39 is 0 Å². The number of carbonyl (C=O) groups is 2. The molecule has 0 atom stereocenters. The number of ether oxygens (including phenoxy) is 2. The van der Waals surface area contributed by atoms with Crippen molar-refractivity contribution in [2.24, 2.45) is 0 Å². The number of hydrogen-bond donors (Lipinski definition) is 0. The Morgan fingerprint density at radius 3 is 1.28 bits per heavy atom. The first-order chi connectivity index (χ1) is 33.4. The average Bonchev–Trinajstić information content (AvgIpc) is 4.04. The molecule has 2 aliphatic heterocycles. The highest BCUT2D eigenvalue weighted by atomic mass is 16.5. The topological polar surface area (TPSA) is 166 Å². The van der Waals surface area contributed by atoms with E-state index in [1.165, 1.54) is 12.7 Å². The van der Waals surface area contributed by atoms with Gasteiger partial charge in [-0.2, -0.15) is 0 Å². The number of piperazine rings is 2. The predicted octanol–water partition coefficient (Wildman–Crippen LogP) is 5.85. The van der Waals surface area contributed by atoms with Gasteiger partial charge >= 0.3 is 0 Å². The van der Waals surface area contributed by atoms with E-state index in [-0.39, 0.29) is 24.7 Å². The van der Waals surface area contributed by atoms with E-state index in [1.807, 2.05) is 141 Å². The number of para-hydroxylation sites is 2. The van der Waals surface area contributed by atoms with Crippen LogP contribution < -0.4 is 19.3 Å². The fourth-order valence-electron chi connectivity index (χ4n) is 8.17. The molecule has 0 radical (unpaired) electrons. The molecular weight excluding hydrogens is 859 g/mol. The predicted molar refractivity (Wildman–Crippen MR) is 258 cm³/mol. The number of anilines is 2. The minimum absolute atomic E-state index is 0.0550. The van der Waals surface area contributed by atoms with E-state index in [0.717, 1.165) is 51.2 Å². The van der Waals surface area contributed by atoms with Gasteiger partial charge in [-0.15, -0.1) is 0 Å². The van der Waals surface area contributed by atoms with E-state index in [2.05, 4.69) is 34.7 Å². The number of methoxy groups -OCH3 is 2. The molecule has 4 aromatic heterocycles. The molecule has 0 aliphatic carbocycles. The summed E-state index contributed by atoms with van der Waals surface area (Å²) in [6.07, 6.45) is 10.9. The van der Waals surface area contributed by atoms with Gasteiger partial charge in [0.1, 0.15) is 35.8 Å². The number of benzene rings is 4. The summed E-state index contributed by atoms with van der Waals surface area (Å²) < 4.78 is 14.5. The maximum atomic E-state index is 13.2. The highest BCUT2D eigenvalue weighted by Crippen LogP contribution is 2.27.